The molecule has 9 heteroatoms. The van der Waals surface area contributed by atoms with E-state index in [1.165, 1.54) is 18.2 Å². The summed E-state index contributed by atoms with van der Waals surface area (Å²) in [6, 6.07) is 5.61. The lowest BCUT2D eigenvalue weighted by Crippen LogP contribution is -2.39. The molecular formula is C17H21FN6O2. The Morgan fingerprint density at radius 3 is 2.62 bits per heavy atom. The van der Waals surface area contributed by atoms with Crippen LogP contribution < -0.4 is 16.0 Å². The molecule has 1 fully saturated rings. The predicted molar refractivity (Wildman–Crippen MR) is 97.9 cm³/mol. The van der Waals surface area contributed by atoms with Crippen LogP contribution in [0, 0.1) is 27.8 Å². The van der Waals surface area contributed by atoms with Crippen LogP contribution in [0.1, 0.15) is 20.3 Å². The van der Waals surface area contributed by atoms with Crippen LogP contribution in [-0.4, -0.2) is 28.0 Å². The topological polar surface area (TPSA) is 110 Å². The molecular weight excluding hydrogens is 339 g/mol. The van der Waals surface area contributed by atoms with Crippen molar-refractivity contribution in [2.75, 3.05) is 29.0 Å². The Labute approximate surface area is 150 Å². The molecule has 0 spiro atoms. The first-order valence-corrected chi connectivity index (χ1v) is 8.43. The van der Waals surface area contributed by atoms with Crippen molar-refractivity contribution in [1.82, 2.24) is 9.97 Å². The van der Waals surface area contributed by atoms with Crippen LogP contribution in [0.15, 0.2) is 24.3 Å². The van der Waals surface area contributed by atoms with Crippen LogP contribution in [0.3, 0.4) is 0 Å². The van der Waals surface area contributed by atoms with Crippen molar-refractivity contribution in [2.45, 2.75) is 20.3 Å². The number of aromatic nitrogens is 2. The van der Waals surface area contributed by atoms with Crippen LogP contribution in [0.2, 0.25) is 0 Å². The van der Waals surface area contributed by atoms with Gasteiger partial charge >= 0.3 is 5.69 Å². The van der Waals surface area contributed by atoms with Gasteiger partial charge in [-0.2, -0.15) is 9.97 Å². The summed E-state index contributed by atoms with van der Waals surface area (Å²) in [7, 11) is 0. The highest BCUT2D eigenvalue weighted by atomic mass is 19.1. The molecule has 3 rings (SSSR count). The molecule has 0 radical (unpaired) electrons. The van der Waals surface area contributed by atoms with E-state index < -0.39 is 16.4 Å². The Hall–Kier alpha value is -2.97. The van der Waals surface area contributed by atoms with Crippen molar-refractivity contribution in [3.63, 3.8) is 0 Å². The highest BCUT2D eigenvalue weighted by Gasteiger charge is 2.28. The largest absolute Gasteiger partial charge is 0.378 e. The van der Waals surface area contributed by atoms with Gasteiger partial charge in [0.1, 0.15) is 5.82 Å². The zero-order valence-electron chi connectivity index (χ0n) is 14.6. The first-order valence-electron chi connectivity index (χ1n) is 8.43. The third kappa shape index (κ3) is 3.81. The first kappa shape index (κ1) is 17.8. The molecule has 1 saturated heterocycles. The molecule has 138 valence electrons. The molecule has 1 aromatic carbocycles. The average molecular weight is 360 g/mol. The lowest BCUT2D eigenvalue weighted by molar-refractivity contribution is -0.383. The number of nitrogens with two attached hydrogens (primary N) is 1. The molecule has 0 saturated carbocycles. The SMILES string of the molecule is C[C@H]1C[C@H](C)CN(c2nc(N)c([N+](=O)[O-])c(Nc3cccc(F)c3)n2)C1. The molecule has 26 heavy (non-hydrogen) atoms. The Morgan fingerprint density at radius 2 is 2.00 bits per heavy atom. The van der Waals surface area contributed by atoms with Crippen LogP contribution in [-0.2, 0) is 0 Å². The molecule has 2 heterocycles. The summed E-state index contributed by atoms with van der Waals surface area (Å²) in [4.78, 5) is 21.2. The second-order valence-electron chi connectivity index (χ2n) is 6.85. The summed E-state index contributed by atoms with van der Waals surface area (Å²) >= 11 is 0. The number of nitrogens with zero attached hydrogens (tertiary/aromatic N) is 4. The van der Waals surface area contributed by atoms with E-state index in [1.807, 2.05) is 4.90 Å². The van der Waals surface area contributed by atoms with Crippen LogP contribution in [0.25, 0.3) is 0 Å². The summed E-state index contributed by atoms with van der Waals surface area (Å²) in [5.74, 6) is 0.527. The maximum Gasteiger partial charge on any atom is 0.353 e. The number of halogens is 1. The Morgan fingerprint density at radius 1 is 1.31 bits per heavy atom. The fraction of sp³-hybridized carbons (Fsp3) is 0.412. The van der Waals surface area contributed by atoms with Gasteiger partial charge in [0.15, 0.2) is 0 Å². The second kappa shape index (κ2) is 7.11. The fourth-order valence-corrected chi connectivity index (χ4v) is 3.40. The Balaban J connectivity index is 2.00. The van der Waals surface area contributed by atoms with Gasteiger partial charge in [-0.25, -0.2) is 4.39 Å². The Bertz CT molecular complexity index is 821. The lowest BCUT2D eigenvalue weighted by atomic mass is 9.92. The minimum absolute atomic E-state index is 0.0472. The summed E-state index contributed by atoms with van der Waals surface area (Å²) < 4.78 is 13.4. The van der Waals surface area contributed by atoms with Crippen LogP contribution in [0.4, 0.5) is 33.3 Å². The number of hydrogen-bond acceptors (Lipinski definition) is 7. The van der Waals surface area contributed by atoms with Crippen LogP contribution in [0.5, 0.6) is 0 Å². The van der Waals surface area contributed by atoms with Crippen molar-refractivity contribution in [3.8, 4) is 0 Å². The normalized spacial score (nSPS) is 20.0. The van der Waals surface area contributed by atoms with Crippen LogP contribution >= 0.6 is 0 Å². The number of piperidine rings is 1. The molecule has 1 aromatic heterocycles. The minimum Gasteiger partial charge on any atom is -0.378 e. The van der Waals surface area contributed by atoms with Crippen molar-refractivity contribution in [2.24, 2.45) is 11.8 Å². The minimum atomic E-state index is -0.637. The number of nitro groups is 1. The Kier molecular flexibility index (Phi) is 4.88. The van der Waals surface area contributed by atoms with E-state index in [0.29, 0.717) is 23.5 Å². The molecule has 0 amide bonds. The van der Waals surface area contributed by atoms with E-state index in [0.717, 1.165) is 19.5 Å². The van der Waals surface area contributed by atoms with Gasteiger partial charge in [0, 0.05) is 18.8 Å². The fourth-order valence-electron chi connectivity index (χ4n) is 3.40. The molecule has 0 bridgehead atoms. The molecule has 2 atom stereocenters. The van der Waals surface area contributed by atoms with Crippen molar-refractivity contribution < 1.29 is 9.31 Å². The number of hydrogen-bond donors (Lipinski definition) is 2. The van der Waals surface area contributed by atoms with Gasteiger partial charge in [-0.15, -0.1) is 0 Å². The molecule has 8 nitrogen and oxygen atoms in total. The standard InChI is InChI=1S/C17H21FN6O2/c1-10-6-11(2)9-23(8-10)17-21-15(19)14(24(25)26)16(22-17)20-13-5-3-4-12(18)7-13/h3-5,7,10-11H,6,8-9H2,1-2H3,(H3,19,20,21,22)/t10-,11-/m0/s1. The monoisotopic (exact) mass is 360 g/mol. The van der Waals surface area contributed by atoms with Gasteiger partial charge in [0.05, 0.1) is 4.92 Å². The number of nitrogen functional groups attached to an aromatic ring is 1. The van der Waals surface area contributed by atoms with Gasteiger partial charge in [-0.3, -0.25) is 10.1 Å². The number of anilines is 4. The quantitative estimate of drug-likeness (QED) is 0.635. The van der Waals surface area contributed by atoms with Crippen molar-refractivity contribution in [3.05, 3.63) is 40.2 Å². The molecule has 0 aliphatic carbocycles. The molecule has 2 aromatic rings. The predicted octanol–water partition coefficient (Wildman–Crippen LogP) is 3.33. The van der Waals surface area contributed by atoms with Gasteiger partial charge < -0.3 is 16.0 Å². The average Bonchev–Trinajstić information content (AvgIpc) is 2.53. The van der Waals surface area contributed by atoms with Gasteiger partial charge in [-0.1, -0.05) is 19.9 Å². The van der Waals surface area contributed by atoms with E-state index >= 15 is 0 Å². The molecule has 0 unspecified atom stereocenters. The third-order valence-corrected chi connectivity index (χ3v) is 4.32. The van der Waals surface area contributed by atoms with Crippen molar-refractivity contribution in [1.29, 1.82) is 0 Å². The highest BCUT2D eigenvalue weighted by molar-refractivity contribution is 5.74. The maximum atomic E-state index is 13.4. The number of benzene rings is 1. The third-order valence-electron chi connectivity index (χ3n) is 4.32. The molecule has 1 aliphatic rings. The van der Waals surface area contributed by atoms with E-state index in [-0.39, 0.29) is 11.6 Å². The summed E-state index contributed by atoms with van der Waals surface area (Å²) in [6.45, 7) is 5.79. The smallest absolute Gasteiger partial charge is 0.353 e. The summed E-state index contributed by atoms with van der Waals surface area (Å²) in [5, 5.41) is 14.2. The lowest BCUT2D eigenvalue weighted by Gasteiger charge is -2.35. The molecule has 3 N–H and O–H groups in total. The van der Waals surface area contributed by atoms with Gasteiger partial charge in [0.2, 0.25) is 17.6 Å². The summed E-state index contributed by atoms with van der Waals surface area (Å²) in [6.07, 6.45) is 1.10. The maximum absolute atomic E-state index is 13.4. The highest BCUT2D eigenvalue weighted by Crippen LogP contribution is 2.34. The van der Waals surface area contributed by atoms with E-state index in [1.54, 1.807) is 6.07 Å². The van der Waals surface area contributed by atoms with E-state index in [2.05, 4.69) is 29.1 Å². The van der Waals surface area contributed by atoms with Gasteiger partial charge in [0.25, 0.3) is 0 Å². The number of rotatable bonds is 4. The van der Waals surface area contributed by atoms with Crippen molar-refractivity contribution >= 4 is 29.0 Å². The van der Waals surface area contributed by atoms with E-state index in [9.17, 15) is 14.5 Å². The first-order chi connectivity index (χ1) is 12.3. The zero-order chi connectivity index (χ0) is 18.8. The molecule has 1 aliphatic heterocycles. The number of nitrogens with one attached hydrogen (secondary N) is 1. The summed E-state index contributed by atoms with van der Waals surface area (Å²) in [5.41, 5.74) is 5.77. The van der Waals surface area contributed by atoms with E-state index in [4.69, 9.17) is 5.73 Å². The second-order valence-corrected chi connectivity index (χ2v) is 6.85. The van der Waals surface area contributed by atoms with Gasteiger partial charge in [-0.05, 0) is 36.5 Å². The zero-order valence-corrected chi connectivity index (χ0v) is 14.6.